The Morgan fingerprint density at radius 2 is 2.00 bits per heavy atom. The normalized spacial score (nSPS) is 18.5. The van der Waals surface area contributed by atoms with E-state index in [0.717, 1.165) is 18.7 Å². The maximum atomic E-state index is 14.3. The van der Waals surface area contributed by atoms with E-state index in [4.69, 9.17) is 4.74 Å². The molecule has 0 fully saturated rings. The number of fused-ring (bicyclic) bond motifs is 1. The zero-order chi connectivity index (χ0) is 25.2. The standard InChI is InChI=1S/C26H30FN3O4S/c1-17(25-23(27)5-4-6-24(25)34-3)28-26(31)29-21-9-11-22(12-10-21)35(32,33)16-18-7-8-19-14-30(2)15-20(19)13-18/h4-11,13,17,22H,12,14-16H2,1-3H3,(H2,28,29,31). The Kier molecular flexibility index (Phi) is 7.28. The molecule has 0 aromatic heterocycles. The minimum atomic E-state index is -3.42. The van der Waals surface area contributed by atoms with Gasteiger partial charge in [-0.05, 0) is 55.3 Å². The van der Waals surface area contributed by atoms with Gasteiger partial charge in [-0.15, -0.1) is 0 Å². The molecule has 186 valence electrons. The molecule has 2 amide bonds. The second-order valence-corrected chi connectivity index (χ2v) is 11.3. The average molecular weight is 500 g/mol. The van der Waals surface area contributed by atoms with Gasteiger partial charge < -0.3 is 15.4 Å². The van der Waals surface area contributed by atoms with Gasteiger partial charge in [0, 0.05) is 18.8 Å². The second-order valence-electron chi connectivity index (χ2n) is 9.05. The molecule has 0 saturated carbocycles. The highest BCUT2D eigenvalue weighted by Crippen LogP contribution is 2.28. The van der Waals surface area contributed by atoms with E-state index >= 15 is 0 Å². The lowest BCUT2D eigenvalue weighted by Crippen LogP contribution is -2.37. The molecule has 0 radical (unpaired) electrons. The van der Waals surface area contributed by atoms with Gasteiger partial charge in [-0.3, -0.25) is 4.90 Å². The highest BCUT2D eigenvalue weighted by atomic mass is 32.2. The van der Waals surface area contributed by atoms with E-state index in [2.05, 4.69) is 15.5 Å². The molecule has 9 heteroatoms. The van der Waals surface area contributed by atoms with Crippen molar-refractivity contribution in [1.82, 2.24) is 15.5 Å². The molecule has 1 aliphatic heterocycles. The number of sulfone groups is 1. The number of rotatable bonds is 7. The van der Waals surface area contributed by atoms with Crippen LogP contribution in [0.3, 0.4) is 0 Å². The van der Waals surface area contributed by atoms with Gasteiger partial charge in [0.15, 0.2) is 9.84 Å². The van der Waals surface area contributed by atoms with Gasteiger partial charge in [-0.25, -0.2) is 17.6 Å². The molecule has 7 nitrogen and oxygen atoms in total. The SMILES string of the molecule is COc1cccc(F)c1C(C)NC(=O)NC1=CCC(S(=O)(=O)Cc2ccc3c(c2)CN(C)C3)C=C1. The van der Waals surface area contributed by atoms with Crippen molar-refractivity contribution in [2.75, 3.05) is 14.2 Å². The van der Waals surface area contributed by atoms with E-state index in [9.17, 15) is 17.6 Å². The number of hydrogen-bond acceptors (Lipinski definition) is 5. The van der Waals surface area contributed by atoms with Gasteiger partial charge >= 0.3 is 6.03 Å². The topological polar surface area (TPSA) is 87.7 Å². The van der Waals surface area contributed by atoms with Crippen LogP contribution < -0.4 is 15.4 Å². The number of hydrogen-bond donors (Lipinski definition) is 2. The largest absolute Gasteiger partial charge is 0.496 e. The summed E-state index contributed by atoms with van der Waals surface area (Å²) in [6, 6.07) is 9.20. The highest BCUT2D eigenvalue weighted by Gasteiger charge is 2.26. The minimum absolute atomic E-state index is 0.0297. The van der Waals surface area contributed by atoms with Gasteiger partial charge in [0.1, 0.15) is 11.6 Å². The molecule has 0 bridgehead atoms. The van der Waals surface area contributed by atoms with Crippen LogP contribution in [0.15, 0.2) is 60.3 Å². The van der Waals surface area contributed by atoms with Crippen molar-refractivity contribution >= 4 is 15.9 Å². The van der Waals surface area contributed by atoms with Crippen molar-refractivity contribution in [3.8, 4) is 5.75 Å². The third-order valence-electron chi connectivity index (χ3n) is 6.31. The minimum Gasteiger partial charge on any atom is -0.496 e. The molecule has 2 N–H and O–H groups in total. The fourth-order valence-electron chi connectivity index (χ4n) is 4.56. The lowest BCUT2D eigenvalue weighted by atomic mass is 10.1. The summed E-state index contributed by atoms with van der Waals surface area (Å²) in [5.41, 5.74) is 3.95. The molecule has 2 aromatic carbocycles. The van der Waals surface area contributed by atoms with Gasteiger partial charge in [0.05, 0.1) is 29.7 Å². The number of nitrogens with one attached hydrogen (secondary N) is 2. The monoisotopic (exact) mass is 499 g/mol. The summed E-state index contributed by atoms with van der Waals surface area (Å²) in [5.74, 6) is -0.159. The van der Waals surface area contributed by atoms with E-state index in [1.807, 2.05) is 25.2 Å². The van der Waals surface area contributed by atoms with Crippen molar-refractivity contribution in [2.45, 2.75) is 43.5 Å². The van der Waals surface area contributed by atoms with E-state index < -0.39 is 33.0 Å². The van der Waals surface area contributed by atoms with Crippen LogP contribution in [0.25, 0.3) is 0 Å². The van der Waals surface area contributed by atoms with Crippen LogP contribution in [0.2, 0.25) is 0 Å². The van der Waals surface area contributed by atoms with Crippen molar-refractivity contribution in [1.29, 1.82) is 0 Å². The molecule has 0 spiro atoms. The number of urea groups is 1. The molecule has 4 rings (SSSR count). The molecular weight excluding hydrogens is 469 g/mol. The predicted octanol–water partition coefficient (Wildman–Crippen LogP) is 3.97. The van der Waals surface area contributed by atoms with Crippen LogP contribution in [0.5, 0.6) is 5.75 Å². The Balaban J connectivity index is 1.34. The number of carbonyl (C=O) groups is 1. The van der Waals surface area contributed by atoms with Gasteiger partial charge in [-0.2, -0.15) is 0 Å². The van der Waals surface area contributed by atoms with Crippen molar-refractivity contribution in [3.63, 3.8) is 0 Å². The number of benzene rings is 2. The van der Waals surface area contributed by atoms with Gasteiger partial charge in [0.2, 0.25) is 0 Å². The van der Waals surface area contributed by atoms with Crippen LogP contribution in [-0.2, 0) is 28.7 Å². The molecule has 2 unspecified atom stereocenters. The molecule has 2 atom stereocenters. The Morgan fingerprint density at radius 3 is 2.71 bits per heavy atom. The Bertz CT molecular complexity index is 1290. The summed E-state index contributed by atoms with van der Waals surface area (Å²) < 4.78 is 45.5. The number of methoxy groups -OCH3 is 1. The summed E-state index contributed by atoms with van der Waals surface area (Å²) in [6.45, 7) is 3.37. The molecule has 2 aromatic rings. The van der Waals surface area contributed by atoms with Crippen LogP contribution in [0.4, 0.5) is 9.18 Å². The number of carbonyl (C=O) groups excluding carboxylic acids is 1. The number of nitrogens with zero attached hydrogens (tertiary/aromatic N) is 1. The number of amides is 2. The lowest BCUT2D eigenvalue weighted by molar-refractivity contribution is 0.240. The van der Waals surface area contributed by atoms with Crippen LogP contribution in [0, 0.1) is 5.82 Å². The number of halogens is 1. The Morgan fingerprint density at radius 1 is 1.23 bits per heavy atom. The quantitative estimate of drug-likeness (QED) is 0.602. The highest BCUT2D eigenvalue weighted by molar-refractivity contribution is 7.91. The van der Waals surface area contributed by atoms with E-state index in [-0.39, 0.29) is 17.7 Å². The fraction of sp³-hybridized carbons (Fsp3) is 0.346. The van der Waals surface area contributed by atoms with Crippen molar-refractivity contribution < 1.29 is 22.3 Å². The first-order valence-corrected chi connectivity index (χ1v) is 13.2. The van der Waals surface area contributed by atoms with Crippen molar-refractivity contribution in [2.24, 2.45) is 0 Å². The third-order valence-corrected chi connectivity index (χ3v) is 8.32. The van der Waals surface area contributed by atoms with E-state index in [1.165, 1.54) is 30.4 Å². The third kappa shape index (κ3) is 5.74. The van der Waals surface area contributed by atoms with Crippen LogP contribution in [0.1, 0.15) is 41.6 Å². The summed E-state index contributed by atoms with van der Waals surface area (Å²) in [5, 5.41) is 4.72. The van der Waals surface area contributed by atoms with E-state index in [1.54, 1.807) is 31.2 Å². The summed E-state index contributed by atoms with van der Waals surface area (Å²) in [6.07, 6.45) is 5.15. The Labute approximate surface area is 205 Å². The molecule has 2 aliphatic rings. The number of allylic oxidation sites excluding steroid dienone is 2. The first-order valence-electron chi connectivity index (χ1n) is 11.5. The van der Waals surface area contributed by atoms with E-state index in [0.29, 0.717) is 11.4 Å². The summed E-state index contributed by atoms with van der Waals surface area (Å²) in [4.78, 5) is 14.7. The zero-order valence-electron chi connectivity index (χ0n) is 20.0. The number of ether oxygens (including phenoxy) is 1. The average Bonchev–Trinajstić information content (AvgIpc) is 3.18. The summed E-state index contributed by atoms with van der Waals surface area (Å²) in [7, 11) is 0.0656. The molecule has 35 heavy (non-hydrogen) atoms. The predicted molar refractivity (Wildman–Crippen MR) is 133 cm³/mol. The molecule has 1 heterocycles. The second kappa shape index (κ2) is 10.2. The molecule has 1 aliphatic carbocycles. The van der Waals surface area contributed by atoms with Crippen LogP contribution in [-0.4, -0.2) is 38.8 Å². The zero-order valence-corrected chi connectivity index (χ0v) is 20.9. The summed E-state index contributed by atoms with van der Waals surface area (Å²) >= 11 is 0. The Hall–Kier alpha value is -3.17. The fourth-order valence-corrected chi connectivity index (χ4v) is 6.12. The molecule has 0 saturated heterocycles. The van der Waals surface area contributed by atoms with Crippen molar-refractivity contribution in [3.05, 3.63) is 88.4 Å². The van der Waals surface area contributed by atoms with Gasteiger partial charge in [0.25, 0.3) is 0 Å². The van der Waals surface area contributed by atoms with Crippen LogP contribution >= 0.6 is 0 Å². The maximum Gasteiger partial charge on any atom is 0.319 e. The smallest absolute Gasteiger partial charge is 0.319 e. The maximum absolute atomic E-state index is 14.3. The van der Waals surface area contributed by atoms with Gasteiger partial charge in [-0.1, -0.05) is 36.4 Å². The first kappa shape index (κ1) is 24.9. The first-order chi connectivity index (χ1) is 16.7. The molecular formula is C26H30FN3O4S. The lowest BCUT2D eigenvalue weighted by Gasteiger charge is -2.20.